The monoisotopic (exact) mass is 312 g/mol. The van der Waals surface area contributed by atoms with Crippen molar-refractivity contribution >= 4 is 21.7 Å². The molecule has 0 aromatic heterocycles. The van der Waals surface area contributed by atoms with E-state index < -0.39 is 22.0 Å². The lowest BCUT2D eigenvalue weighted by atomic mass is 10.0. The highest BCUT2D eigenvalue weighted by Gasteiger charge is 2.36. The highest BCUT2D eigenvalue weighted by molar-refractivity contribution is 7.89. The van der Waals surface area contributed by atoms with Gasteiger partial charge in [-0.3, -0.25) is 0 Å². The van der Waals surface area contributed by atoms with Crippen LogP contribution in [0.3, 0.4) is 0 Å². The molecule has 1 heterocycles. The van der Waals surface area contributed by atoms with Crippen LogP contribution in [0, 0.1) is 5.92 Å². The number of carboxylic acid groups (broad SMARTS) is 1. The Hall–Kier alpha value is -1.60. The number of aliphatic carboxylic acids is 1. The number of anilines is 1. The van der Waals surface area contributed by atoms with Crippen molar-refractivity contribution in [3.8, 4) is 0 Å². The van der Waals surface area contributed by atoms with Gasteiger partial charge in [-0.15, -0.1) is 0 Å². The van der Waals surface area contributed by atoms with Gasteiger partial charge in [0.2, 0.25) is 10.0 Å². The van der Waals surface area contributed by atoms with Gasteiger partial charge in [0.15, 0.2) is 0 Å². The van der Waals surface area contributed by atoms with Crippen molar-refractivity contribution in [2.24, 2.45) is 5.92 Å². The Morgan fingerprint density at radius 1 is 1.29 bits per heavy atom. The fourth-order valence-electron chi connectivity index (χ4n) is 2.63. The van der Waals surface area contributed by atoms with E-state index in [1.165, 1.54) is 26.2 Å². The van der Waals surface area contributed by atoms with Gasteiger partial charge < -0.3 is 10.0 Å². The highest BCUT2D eigenvalue weighted by Crippen LogP contribution is 2.30. The molecule has 116 valence electrons. The summed E-state index contributed by atoms with van der Waals surface area (Å²) in [5.74, 6) is -0.766. The van der Waals surface area contributed by atoms with Crippen LogP contribution in [0.2, 0.25) is 0 Å². The largest absolute Gasteiger partial charge is 0.480 e. The summed E-state index contributed by atoms with van der Waals surface area (Å²) in [5, 5.41) is 9.33. The average Bonchev–Trinajstić information content (AvgIpc) is 2.80. The Labute approximate surface area is 125 Å². The van der Waals surface area contributed by atoms with Crippen LogP contribution < -0.4 is 4.90 Å². The zero-order chi connectivity index (χ0) is 15.8. The van der Waals surface area contributed by atoms with Gasteiger partial charge in [-0.05, 0) is 36.6 Å². The van der Waals surface area contributed by atoms with Crippen LogP contribution >= 0.6 is 0 Å². The molecule has 2 atom stereocenters. The van der Waals surface area contributed by atoms with E-state index >= 15 is 0 Å². The van der Waals surface area contributed by atoms with Gasteiger partial charge in [0.1, 0.15) is 6.04 Å². The predicted molar refractivity (Wildman–Crippen MR) is 79.9 cm³/mol. The van der Waals surface area contributed by atoms with E-state index in [1.54, 1.807) is 12.1 Å². The molecule has 7 heteroatoms. The van der Waals surface area contributed by atoms with E-state index in [1.807, 2.05) is 11.8 Å². The fraction of sp³-hybridized carbons (Fsp3) is 0.500. The van der Waals surface area contributed by atoms with Crippen molar-refractivity contribution in [2.75, 3.05) is 25.5 Å². The summed E-state index contributed by atoms with van der Waals surface area (Å²) in [5.41, 5.74) is 0.740. The van der Waals surface area contributed by atoms with Gasteiger partial charge >= 0.3 is 5.97 Å². The van der Waals surface area contributed by atoms with E-state index in [9.17, 15) is 18.3 Å². The molecular weight excluding hydrogens is 292 g/mol. The van der Waals surface area contributed by atoms with Crippen molar-refractivity contribution in [3.05, 3.63) is 24.3 Å². The molecule has 0 bridgehead atoms. The molecule has 2 unspecified atom stereocenters. The van der Waals surface area contributed by atoms with Gasteiger partial charge in [0.25, 0.3) is 0 Å². The molecule has 0 spiro atoms. The van der Waals surface area contributed by atoms with E-state index in [4.69, 9.17) is 0 Å². The van der Waals surface area contributed by atoms with E-state index in [-0.39, 0.29) is 10.8 Å². The first-order chi connectivity index (χ1) is 9.75. The Morgan fingerprint density at radius 2 is 1.86 bits per heavy atom. The number of hydrogen-bond donors (Lipinski definition) is 1. The second-order valence-corrected chi connectivity index (χ2v) is 7.68. The molecule has 0 saturated carbocycles. The number of carboxylic acids is 1. The highest BCUT2D eigenvalue weighted by atomic mass is 32.2. The second-order valence-electron chi connectivity index (χ2n) is 5.52. The summed E-state index contributed by atoms with van der Waals surface area (Å²) in [6.07, 6.45) is 0.814. The maximum atomic E-state index is 12.0. The number of carbonyl (C=O) groups is 1. The van der Waals surface area contributed by atoms with Crippen LogP contribution in [-0.4, -0.2) is 50.5 Å². The molecule has 0 radical (unpaired) electrons. The van der Waals surface area contributed by atoms with Crippen molar-refractivity contribution in [1.29, 1.82) is 0 Å². The Balaban J connectivity index is 2.30. The van der Waals surface area contributed by atoms with Gasteiger partial charge in [-0.2, -0.15) is 0 Å². The Bertz CT molecular complexity index is 625. The normalized spacial score (nSPS) is 22.8. The van der Waals surface area contributed by atoms with Crippen LogP contribution in [0.1, 0.15) is 13.3 Å². The van der Waals surface area contributed by atoms with E-state index in [2.05, 4.69) is 0 Å². The molecule has 1 saturated heterocycles. The fourth-order valence-corrected chi connectivity index (χ4v) is 3.54. The molecule has 0 aliphatic carbocycles. The Morgan fingerprint density at radius 3 is 2.33 bits per heavy atom. The molecule has 1 aromatic rings. The molecule has 2 rings (SSSR count). The third-order valence-corrected chi connectivity index (χ3v) is 5.73. The quantitative estimate of drug-likeness (QED) is 0.905. The van der Waals surface area contributed by atoms with Gasteiger partial charge in [-0.1, -0.05) is 6.92 Å². The third-order valence-electron chi connectivity index (χ3n) is 3.90. The van der Waals surface area contributed by atoms with E-state index in [0.29, 0.717) is 6.54 Å². The number of sulfonamides is 1. The minimum Gasteiger partial charge on any atom is -0.480 e. The van der Waals surface area contributed by atoms with Crippen molar-refractivity contribution in [1.82, 2.24) is 4.31 Å². The first-order valence-corrected chi connectivity index (χ1v) is 8.21. The molecule has 6 nitrogen and oxygen atoms in total. The smallest absolute Gasteiger partial charge is 0.326 e. The third kappa shape index (κ3) is 2.89. The molecule has 0 amide bonds. The maximum Gasteiger partial charge on any atom is 0.326 e. The second kappa shape index (κ2) is 5.65. The minimum atomic E-state index is -3.46. The summed E-state index contributed by atoms with van der Waals surface area (Å²) < 4.78 is 25.2. The standard InChI is InChI=1S/C14H20N2O4S/c1-10-8-9-16(13(10)14(17)18)11-4-6-12(7-5-11)21(19,20)15(2)3/h4-7,10,13H,8-9H2,1-3H3,(H,17,18). The van der Waals surface area contributed by atoms with Crippen LogP contribution in [-0.2, 0) is 14.8 Å². The number of rotatable bonds is 4. The first kappa shape index (κ1) is 15.8. The first-order valence-electron chi connectivity index (χ1n) is 6.77. The van der Waals surface area contributed by atoms with Crippen molar-refractivity contribution in [3.63, 3.8) is 0 Å². The lowest BCUT2D eigenvalue weighted by Gasteiger charge is -2.25. The van der Waals surface area contributed by atoms with Gasteiger partial charge in [0.05, 0.1) is 4.90 Å². The van der Waals surface area contributed by atoms with Gasteiger partial charge in [0, 0.05) is 26.3 Å². The minimum absolute atomic E-state index is 0.0766. The maximum absolute atomic E-state index is 12.0. The zero-order valence-corrected chi connectivity index (χ0v) is 13.2. The number of benzene rings is 1. The molecule has 1 aromatic carbocycles. The molecule has 1 aliphatic heterocycles. The zero-order valence-electron chi connectivity index (χ0n) is 12.4. The van der Waals surface area contributed by atoms with Crippen LogP contribution in [0.4, 0.5) is 5.69 Å². The molecule has 1 fully saturated rings. The van der Waals surface area contributed by atoms with Crippen LogP contribution in [0.5, 0.6) is 0 Å². The molecular formula is C14H20N2O4S. The average molecular weight is 312 g/mol. The predicted octanol–water partition coefficient (Wildman–Crippen LogP) is 1.24. The molecule has 1 aliphatic rings. The van der Waals surface area contributed by atoms with Crippen LogP contribution in [0.15, 0.2) is 29.2 Å². The summed E-state index contributed by atoms with van der Waals surface area (Å²) in [7, 11) is -0.503. The van der Waals surface area contributed by atoms with E-state index in [0.717, 1.165) is 16.4 Å². The topological polar surface area (TPSA) is 77.9 Å². The lowest BCUT2D eigenvalue weighted by molar-refractivity contribution is -0.139. The summed E-state index contributed by atoms with van der Waals surface area (Å²) in [6, 6.07) is 5.83. The summed E-state index contributed by atoms with van der Waals surface area (Å²) in [4.78, 5) is 13.4. The summed E-state index contributed by atoms with van der Waals surface area (Å²) in [6.45, 7) is 2.58. The SMILES string of the molecule is CC1CCN(c2ccc(S(=O)(=O)N(C)C)cc2)C1C(=O)O. The Kier molecular flexibility index (Phi) is 4.25. The lowest BCUT2D eigenvalue weighted by Crippen LogP contribution is -2.39. The number of nitrogens with zero attached hydrogens (tertiary/aromatic N) is 2. The van der Waals surface area contributed by atoms with Gasteiger partial charge in [-0.25, -0.2) is 17.5 Å². The van der Waals surface area contributed by atoms with Crippen molar-refractivity contribution < 1.29 is 18.3 Å². The molecule has 1 N–H and O–H groups in total. The number of hydrogen-bond acceptors (Lipinski definition) is 4. The summed E-state index contributed by atoms with van der Waals surface area (Å²) >= 11 is 0. The van der Waals surface area contributed by atoms with Crippen LogP contribution in [0.25, 0.3) is 0 Å². The van der Waals surface area contributed by atoms with Crippen molar-refractivity contribution in [2.45, 2.75) is 24.3 Å². The molecule has 21 heavy (non-hydrogen) atoms.